The highest BCUT2D eigenvalue weighted by atomic mass is 32.1. The predicted octanol–water partition coefficient (Wildman–Crippen LogP) is 3.57. The van der Waals surface area contributed by atoms with Crippen LogP contribution in [0.1, 0.15) is 31.0 Å². The largest absolute Gasteiger partial charge is 0.489 e. The van der Waals surface area contributed by atoms with Crippen LogP contribution < -0.4 is 14.5 Å². The van der Waals surface area contributed by atoms with Crippen molar-refractivity contribution in [2.24, 2.45) is 0 Å². The number of carbonyl (C=O) groups excluding carboxylic acids is 2. The molecule has 2 fully saturated rings. The normalized spacial score (nSPS) is 17.1. The van der Waals surface area contributed by atoms with E-state index in [1.165, 1.54) is 30.0 Å². The van der Waals surface area contributed by atoms with Gasteiger partial charge in [0.05, 0.1) is 17.4 Å². The van der Waals surface area contributed by atoms with E-state index in [2.05, 4.69) is 9.88 Å². The molecule has 0 bridgehead atoms. The molecule has 3 heterocycles. The minimum Gasteiger partial charge on any atom is -0.489 e. The Morgan fingerprint density at radius 2 is 1.88 bits per heavy atom. The van der Waals surface area contributed by atoms with E-state index in [0.717, 1.165) is 11.1 Å². The molecule has 0 aliphatic carbocycles. The zero-order valence-electron chi connectivity index (χ0n) is 21.6. The van der Waals surface area contributed by atoms with Crippen molar-refractivity contribution in [3.8, 4) is 11.8 Å². The van der Waals surface area contributed by atoms with Crippen LogP contribution in [0.3, 0.4) is 0 Å². The lowest BCUT2D eigenvalue weighted by atomic mass is 10.1. The molecule has 0 unspecified atom stereocenters. The summed E-state index contributed by atoms with van der Waals surface area (Å²) in [4.78, 5) is 34.2. The fourth-order valence-corrected chi connectivity index (χ4v) is 4.95. The van der Waals surface area contributed by atoms with Gasteiger partial charge in [0.1, 0.15) is 12.7 Å². The summed E-state index contributed by atoms with van der Waals surface area (Å²) in [5.41, 5.74) is -2.05. The van der Waals surface area contributed by atoms with E-state index in [1.807, 2.05) is 0 Å². The Hall–Kier alpha value is -3.83. The summed E-state index contributed by atoms with van der Waals surface area (Å²) < 4.78 is 61.2. The van der Waals surface area contributed by atoms with E-state index in [-0.39, 0.29) is 42.0 Å². The van der Waals surface area contributed by atoms with Crippen LogP contribution in [-0.2, 0) is 15.8 Å². The molecule has 0 spiro atoms. The van der Waals surface area contributed by atoms with Gasteiger partial charge in [-0.1, -0.05) is 0 Å². The number of piperazine rings is 1. The van der Waals surface area contributed by atoms with Crippen molar-refractivity contribution in [2.75, 3.05) is 55.7 Å². The SMILES string of the molecule is CC(=O)N1CCN(CCOc2ccc(N3CCCC(=O)N(c4cnc(C#N)c(C(F)(F)F)c4)C3=S)cc2F)CC1. The summed E-state index contributed by atoms with van der Waals surface area (Å²) in [6, 6.07) is 6.25. The van der Waals surface area contributed by atoms with Gasteiger partial charge in [0, 0.05) is 64.4 Å². The van der Waals surface area contributed by atoms with Crippen molar-refractivity contribution < 1.29 is 31.9 Å². The van der Waals surface area contributed by atoms with Crippen molar-refractivity contribution in [1.82, 2.24) is 14.8 Å². The molecule has 0 radical (unpaired) electrons. The minimum atomic E-state index is -4.87. The summed E-state index contributed by atoms with van der Waals surface area (Å²) in [7, 11) is 0. The van der Waals surface area contributed by atoms with E-state index in [9.17, 15) is 22.8 Å². The van der Waals surface area contributed by atoms with Gasteiger partial charge in [-0.2, -0.15) is 18.4 Å². The molecular formula is C26H26F4N6O3S. The predicted molar refractivity (Wildman–Crippen MR) is 141 cm³/mol. The van der Waals surface area contributed by atoms with Crippen LogP contribution in [0.25, 0.3) is 0 Å². The highest BCUT2D eigenvalue weighted by Gasteiger charge is 2.37. The third kappa shape index (κ3) is 6.48. The number of alkyl halides is 3. The number of nitrogens with zero attached hydrogens (tertiary/aromatic N) is 6. The zero-order chi connectivity index (χ0) is 29.0. The zero-order valence-corrected chi connectivity index (χ0v) is 22.4. The number of anilines is 2. The second kappa shape index (κ2) is 12.1. The van der Waals surface area contributed by atoms with Gasteiger partial charge < -0.3 is 14.5 Å². The van der Waals surface area contributed by atoms with Crippen molar-refractivity contribution in [1.29, 1.82) is 5.26 Å². The summed E-state index contributed by atoms with van der Waals surface area (Å²) in [5.74, 6) is -1.15. The van der Waals surface area contributed by atoms with Crippen molar-refractivity contribution in [3.05, 3.63) is 47.5 Å². The first-order valence-electron chi connectivity index (χ1n) is 12.5. The molecule has 0 saturated carbocycles. The molecule has 40 heavy (non-hydrogen) atoms. The van der Waals surface area contributed by atoms with Gasteiger partial charge in [0.25, 0.3) is 0 Å². The third-order valence-electron chi connectivity index (χ3n) is 6.70. The van der Waals surface area contributed by atoms with E-state index in [0.29, 0.717) is 50.9 Å². The number of benzene rings is 1. The fourth-order valence-electron chi connectivity index (χ4n) is 4.54. The maximum Gasteiger partial charge on any atom is 0.419 e. The van der Waals surface area contributed by atoms with E-state index in [4.69, 9.17) is 22.2 Å². The number of hydrogen-bond acceptors (Lipinski definition) is 7. The molecule has 2 saturated heterocycles. The van der Waals surface area contributed by atoms with Crippen LogP contribution in [0.4, 0.5) is 28.9 Å². The van der Waals surface area contributed by atoms with Crippen molar-refractivity contribution >= 4 is 40.5 Å². The van der Waals surface area contributed by atoms with Gasteiger partial charge in [-0.25, -0.2) is 9.37 Å². The smallest absolute Gasteiger partial charge is 0.419 e. The Morgan fingerprint density at radius 1 is 1.15 bits per heavy atom. The Bertz CT molecular complexity index is 1340. The van der Waals surface area contributed by atoms with Gasteiger partial charge >= 0.3 is 6.18 Å². The van der Waals surface area contributed by atoms with Gasteiger partial charge in [-0.3, -0.25) is 19.4 Å². The molecule has 14 heteroatoms. The summed E-state index contributed by atoms with van der Waals surface area (Å²) in [6.07, 6.45) is -3.57. The van der Waals surface area contributed by atoms with Gasteiger partial charge in [0.15, 0.2) is 22.4 Å². The first-order chi connectivity index (χ1) is 19.0. The van der Waals surface area contributed by atoms with Crippen LogP contribution >= 0.6 is 12.2 Å². The number of aromatic nitrogens is 1. The van der Waals surface area contributed by atoms with Crippen LogP contribution in [0.15, 0.2) is 30.5 Å². The molecule has 2 aliphatic rings. The molecule has 0 N–H and O–H groups in total. The standard InChI is InChI=1S/C26H26F4N6O3S/c1-17(37)34-9-7-33(8-10-34)11-12-39-23-5-4-18(14-21(23)27)35-6-2-3-24(38)36(25(35)40)19-13-20(26(28,29)30)22(15-31)32-16-19/h4-5,13-14,16H,2-3,6-12H2,1H3. The molecule has 4 rings (SSSR count). The van der Waals surface area contributed by atoms with Crippen molar-refractivity contribution in [3.63, 3.8) is 0 Å². The lowest BCUT2D eigenvalue weighted by molar-refractivity contribution is -0.138. The maximum atomic E-state index is 15.0. The van der Waals surface area contributed by atoms with Gasteiger partial charge in [0.2, 0.25) is 11.8 Å². The Morgan fingerprint density at radius 3 is 2.50 bits per heavy atom. The lowest BCUT2D eigenvalue weighted by Crippen LogP contribution is -2.48. The van der Waals surface area contributed by atoms with Crippen LogP contribution in [0.5, 0.6) is 5.75 Å². The molecule has 2 aromatic rings. The summed E-state index contributed by atoms with van der Waals surface area (Å²) >= 11 is 5.49. The number of ether oxygens (including phenoxy) is 1. The van der Waals surface area contributed by atoms with Crippen LogP contribution in [-0.4, -0.2) is 77.6 Å². The molecule has 2 amide bonds. The summed E-state index contributed by atoms with van der Waals surface area (Å²) in [6.45, 7) is 5.20. The summed E-state index contributed by atoms with van der Waals surface area (Å²) in [5, 5.41) is 8.89. The molecule has 2 aliphatic heterocycles. The van der Waals surface area contributed by atoms with Gasteiger partial charge in [-0.15, -0.1) is 0 Å². The Labute approximate surface area is 233 Å². The average molecular weight is 579 g/mol. The Balaban J connectivity index is 1.47. The fraction of sp³-hybridized carbons (Fsp3) is 0.423. The minimum absolute atomic E-state index is 0.0116. The second-order valence-electron chi connectivity index (χ2n) is 9.28. The molecule has 0 atom stereocenters. The number of carbonyl (C=O) groups is 2. The lowest BCUT2D eigenvalue weighted by Gasteiger charge is -2.34. The van der Waals surface area contributed by atoms with E-state index < -0.39 is 29.2 Å². The number of thiocarbonyl (C=S) groups is 1. The highest BCUT2D eigenvalue weighted by molar-refractivity contribution is 7.81. The quantitative estimate of drug-likeness (QED) is 0.380. The Kier molecular flexibility index (Phi) is 8.85. The van der Waals surface area contributed by atoms with E-state index >= 15 is 4.39 Å². The first-order valence-corrected chi connectivity index (χ1v) is 12.9. The molecular weight excluding hydrogens is 552 g/mol. The highest BCUT2D eigenvalue weighted by Crippen LogP contribution is 2.35. The molecule has 1 aromatic carbocycles. The molecule has 9 nitrogen and oxygen atoms in total. The van der Waals surface area contributed by atoms with Crippen LogP contribution in [0.2, 0.25) is 0 Å². The number of halogens is 4. The second-order valence-corrected chi connectivity index (χ2v) is 9.64. The monoisotopic (exact) mass is 578 g/mol. The van der Waals surface area contributed by atoms with Crippen LogP contribution in [0, 0.1) is 17.1 Å². The van der Waals surface area contributed by atoms with E-state index in [1.54, 1.807) is 11.0 Å². The van der Waals surface area contributed by atoms with Gasteiger partial charge in [-0.05, 0) is 36.8 Å². The maximum absolute atomic E-state index is 15.0. The number of pyridine rings is 1. The third-order valence-corrected chi connectivity index (χ3v) is 7.10. The number of amides is 2. The number of hydrogen-bond donors (Lipinski definition) is 0. The topological polar surface area (TPSA) is 93.0 Å². The first kappa shape index (κ1) is 29.2. The van der Waals surface area contributed by atoms with Crippen molar-refractivity contribution in [2.45, 2.75) is 25.9 Å². The number of rotatable bonds is 6. The molecule has 212 valence electrons. The number of nitriles is 1. The average Bonchev–Trinajstić information content (AvgIpc) is 3.06. The molecule has 1 aromatic heterocycles.